The molecule has 41 heavy (non-hydrogen) atoms. The highest BCUT2D eigenvalue weighted by molar-refractivity contribution is 6.05. The standard InChI is InChI=1S/C35H48N2O4/c1-29(2)23-10-11-33(6)24(32(23,5)19-22(21-36)27(29)39)18-26(38)35(41)25-20-31(4,28(40)37-16-8-9-17-37)13-12-30(25,3)14-15-34(33,35)7/h18-19,23,25,41H,8-17,20H2,1-7H3/t23-,25+,30+,31-,32-,33+,34-,35+/m0/s1. The molecule has 1 N–H and O–H groups in total. The van der Waals surface area contributed by atoms with Gasteiger partial charge in [0.1, 0.15) is 11.7 Å². The number of aliphatic hydroxyl groups is 1. The van der Waals surface area contributed by atoms with E-state index < -0.39 is 32.7 Å². The van der Waals surface area contributed by atoms with Gasteiger partial charge in [0.2, 0.25) is 5.91 Å². The van der Waals surface area contributed by atoms with Crippen molar-refractivity contribution < 1.29 is 19.5 Å². The average Bonchev–Trinajstić information content (AvgIpc) is 3.46. The van der Waals surface area contributed by atoms with Gasteiger partial charge in [0.15, 0.2) is 11.6 Å². The highest BCUT2D eigenvalue weighted by atomic mass is 16.3. The fraction of sp³-hybridized carbons (Fsp3) is 0.771. The normalized spacial score (nSPS) is 48.6. The number of carbonyl (C=O) groups is 3. The van der Waals surface area contributed by atoms with Gasteiger partial charge in [0.25, 0.3) is 0 Å². The first-order valence-corrected chi connectivity index (χ1v) is 15.9. The van der Waals surface area contributed by atoms with Crippen LogP contribution < -0.4 is 0 Å². The molecule has 0 aromatic heterocycles. The van der Waals surface area contributed by atoms with Crippen LogP contribution in [0.1, 0.15) is 106 Å². The number of Topliss-reactive ketones (excluding diaryl/α,β-unsaturated/α-hetero) is 1. The van der Waals surface area contributed by atoms with E-state index in [9.17, 15) is 24.8 Å². The molecule has 6 aliphatic rings. The Morgan fingerprint density at radius 2 is 1.59 bits per heavy atom. The Hall–Kier alpha value is -2.26. The summed E-state index contributed by atoms with van der Waals surface area (Å²) < 4.78 is 0. The fourth-order valence-corrected chi connectivity index (χ4v) is 11.3. The molecule has 0 spiro atoms. The molecule has 0 aromatic carbocycles. The first-order chi connectivity index (χ1) is 18.9. The van der Waals surface area contributed by atoms with Crippen molar-refractivity contribution in [2.24, 2.45) is 44.3 Å². The van der Waals surface area contributed by atoms with Gasteiger partial charge < -0.3 is 10.0 Å². The summed E-state index contributed by atoms with van der Waals surface area (Å²) in [4.78, 5) is 43.7. The summed E-state index contributed by atoms with van der Waals surface area (Å²) in [5, 5.41) is 23.0. The van der Waals surface area contributed by atoms with Crippen molar-refractivity contribution in [2.75, 3.05) is 13.1 Å². The molecule has 1 amide bonds. The summed E-state index contributed by atoms with van der Waals surface area (Å²) >= 11 is 0. The number of ketones is 2. The molecule has 4 fully saturated rings. The third kappa shape index (κ3) is 3.31. The van der Waals surface area contributed by atoms with E-state index in [1.54, 1.807) is 6.08 Å². The van der Waals surface area contributed by atoms with E-state index in [1.165, 1.54) is 0 Å². The highest BCUT2D eigenvalue weighted by Gasteiger charge is 2.75. The van der Waals surface area contributed by atoms with E-state index in [-0.39, 0.29) is 40.3 Å². The van der Waals surface area contributed by atoms with Crippen molar-refractivity contribution in [3.63, 3.8) is 0 Å². The lowest BCUT2D eigenvalue weighted by molar-refractivity contribution is -0.243. The molecule has 222 valence electrons. The van der Waals surface area contributed by atoms with Crippen molar-refractivity contribution in [1.82, 2.24) is 4.90 Å². The van der Waals surface area contributed by atoms with Crippen molar-refractivity contribution in [3.05, 3.63) is 23.3 Å². The van der Waals surface area contributed by atoms with E-state index in [0.717, 1.165) is 70.0 Å². The minimum atomic E-state index is -1.59. The summed E-state index contributed by atoms with van der Waals surface area (Å²) in [6.07, 6.45) is 11.0. The second-order valence-corrected chi connectivity index (χ2v) is 16.4. The minimum absolute atomic E-state index is 0.0357. The Bertz CT molecular complexity index is 1350. The van der Waals surface area contributed by atoms with Crippen LogP contribution in [0.15, 0.2) is 23.3 Å². The SMILES string of the molecule is CC1(C)C(=O)C(C#N)=C[C@]2(C)C3=CC(=O)[C@]4(O)[C@@H]5C[C@@](C)(C(=O)N6CCCC6)CC[C@]5(C)CC[C@@]4(C)[C@]3(C)CC[C@@H]12. The van der Waals surface area contributed by atoms with Gasteiger partial charge in [-0.15, -0.1) is 0 Å². The quantitative estimate of drug-likeness (QED) is 0.428. The zero-order valence-electron chi connectivity index (χ0n) is 26.2. The number of rotatable bonds is 1. The van der Waals surface area contributed by atoms with Crippen LogP contribution in [-0.2, 0) is 14.4 Å². The molecule has 6 heteroatoms. The van der Waals surface area contributed by atoms with Crippen molar-refractivity contribution in [2.45, 2.75) is 112 Å². The highest BCUT2D eigenvalue weighted by Crippen LogP contribution is 2.75. The average molecular weight is 561 g/mol. The van der Waals surface area contributed by atoms with Crippen LogP contribution >= 0.6 is 0 Å². The number of fused-ring (bicyclic) bond motifs is 7. The smallest absolute Gasteiger partial charge is 0.228 e. The molecular formula is C35H48N2O4. The zero-order chi connectivity index (χ0) is 30.0. The molecule has 1 saturated heterocycles. The van der Waals surface area contributed by atoms with Crippen LogP contribution in [-0.4, -0.2) is 46.2 Å². The molecule has 1 heterocycles. The monoisotopic (exact) mass is 560 g/mol. The third-order valence-electron chi connectivity index (χ3n) is 14.2. The Labute approximate surface area is 245 Å². The third-order valence-corrected chi connectivity index (χ3v) is 14.2. The second-order valence-electron chi connectivity index (χ2n) is 16.4. The predicted octanol–water partition coefficient (Wildman–Crippen LogP) is 5.94. The Morgan fingerprint density at radius 3 is 2.22 bits per heavy atom. The molecule has 0 aromatic rings. The lowest BCUT2D eigenvalue weighted by Crippen LogP contribution is -2.74. The molecular weight excluding hydrogens is 512 g/mol. The maximum Gasteiger partial charge on any atom is 0.228 e. The molecule has 6 nitrogen and oxygen atoms in total. The minimum Gasteiger partial charge on any atom is -0.381 e. The maximum atomic E-state index is 14.6. The maximum absolute atomic E-state index is 14.6. The van der Waals surface area contributed by atoms with Crippen LogP contribution in [0.2, 0.25) is 0 Å². The van der Waals surface area contributed by atoms with Gasteiger partial charge in [0.05, 0.1) is 5.57 Å². The van der Waals surface area contributed by atoms with Crippen LogP contribution in [0, 0.1) is 55.7 Å². The number of nitriles is 1. The topological polar surface area (TPSA) is 98.5 Å². The number of amides is 1. The zero-order valence-corrected chi connectivity index (χ0v) is 26.2. The van der Waals surface area contributed by atoms with E-state index >= 15 is 0 Å². The summed E-state index contributed by atoms with van der Waals surface area (Å²) in [7, 11) is 0. The molecule has 6 rings (SSSR count). The van der Waals surface area contributed by atoms with Gasteiger partial charge in [-0.1, -0.05) is 54.5 Å². The van der Waals surface area contributed by atoms with Gasteiger partial charge in [0, 0.05) is 40.7 Å². The summed E-state index contributed by atoms with van der Waals surface area (Å²) in [5.74, 6) is -0.526. The number of hydrogen-bond acceptors (Lipinski definition) is 5. The Balaban J connectivity index is 1.49. The van der Waals surface area contributed by atoms with Crippen LogP contribution in [0.3, 0.4) is 0 Å². The van der Waals surface area contributed by atoms with Gasteiger partial charge in [-0.05, 0) is 86.2 Å². The number of likely N-dealkylation sites (tertiary alicyclic amines) is 1. The Morgan fingerprint density at radius 1 is 0.951 bits per heavy atom. The predicted molar refractivity (Wildman–Crippen MR) is 156 cm³/mol. The lowest BCUT2D eigenvalue weighted by Gasteiger charge is -2.71. The second kappa shape index (κ2) is 8.43. The largest absolute Gasteiger partial charge is 0.381 e. The van der Waals surface area contributed by atoms with E-state index in [2.05, 4.69) is 40.7 Å². The molecule has 0 bridgehead atoms. The van der Waals surface area contributed by atoms with Crippen molar-refractivity contribution in [3.8, 4) is 6.07 Å². The number of hydrogen-bond donors (Lipinski definition) is 1. The van der Waals surface area contributed by atoms with E-state index in [4.69, 9.17) is 0 Å². The summed E-state index contributed by atoms with van der Waals surface area (Å²) in [5.41, 5.74) is -3.83. The van der Waals surface area contributed by atoms with Gasteiger partial charge >= 0.3 is 0 Å². The molecule has 1 aliphatic heterocycles. The van der Waals surface area contributed by atoms with Gasteiger partial charge in [-0.3, -0.25) is 14.4 Å². The van der Waals surface area contributed by atoms with Crippen molar-refractivity contribution >= 4 is 17.5 Å². The van der Waals surface area contributed by atoms with E-state index in [0.29, 0.717) is 6.42 Å². The van der Waals surface area contributed by atoms with E-state index in [1.807, 2.05) is 24.8 Å². The van der Waals surface area contributed by atoms with Crippen LogP contribution in [0.5, 0.6) is 0 Å². The summed E-state index contributed by atoms with van der Waals surface area (Å²) in [6.45, 7) is 16.3. The number of carbonyl (C=O) groups excluding carboxylic acids is 3. The Kier molecular flexibility index (Phi) is 5.93. The summed E-state index contributed by atoms with van der Waals surface area (Å²) in [6, 6.07) is 2.16. The van der Waals surface area contributed by atoms with Crippen LogP contribution in [0.25, 0.3) is 0 Å². The van der Waals surface area contributed by atoms with Gasteiger partial charge in [-0.2, -0.15) is 5.26 Å². The van der Waals surface area contributed by atoms with Crippen LogP contribution in [0.4, 0.5) is 0 Å². The molecule has 0 radical (unpaired) electrons. The number of allylic oxidation sites excluding steroid dienone is 3. The number of nitrogens with zero attached hydrogens (tertiary/aromatic N) is 2. The fourth-order valence-electron chi connectivity index (χ4n) is 11.3. The first-order valence-electron chi connectivity index (χ1n) is 15.9. The molecule has 0 unspecified atom stereocenters. The molecule has 8 atom stereocenters. The molecule has 5 aliphatic carbocycles. The van der Waals surface area contributed by atoms with Gasteiger partial charge in [-0.25, -0.2) is 0 Å². The lowest BCUT2D eigenvalue weighted by atomic mass is 9.33. The first kappa shape index (κ1) is 28.8. The molecule has 3 saturated carbocycles. The van der Waals surface area contributed by atoms with Crippen molar-refractivity contribution in [1.29, 1.82) is 5.26 Å².